The minimum Gasteiger partial charge on any atom is -0.457 e. The van der Waals surface area contributed by atoms with Gasteiger partial charge in [0.25, 0.3) is 0 Å². The first-order valence-corrected chi connectivity index (χ1v) is 17.8. The lowest BCUT2D eigenvalue weighted by molar-refractivity contribution is -0.183. The molecule has 0 bridgehead atoms. The van der Waals surface area contributed by atoms with E-state index < -0.39 is 17.5 Å². The van der Waals surface area contributed by atoms with E-state index in [-0.39, 0.29) is 35.8 Å². The molecule has 10 nitrogen and oxygen atoms in total. The van der Waals surface area contributed by atoms with Gasteiger partial charge in [0.2, 0.25) is 5.71 Å². The molecule has 1 aliphatic heterocycles. The fourth-order valence-corrected chi connectivity index (χ4v) is 10.4. The van der Waals surface area contributed by atoms with E-state index in [1.54, 1.807) is 72.8 Å². The minimum atomic E-state index is -2.42. The van der Waals surface area contributed by atoms with E-state index in [0.717, 1.165) is 11.3 Å². The number of aliphatic imine (C=N–C) groups is 1. The second-order valence-electron chi connectivity index (χ2n) is 10.6. The number of hydrogen-bond acceptors (Lipinski definition) is 14. The Balaban J connectivity index is 1.44. The summed E-state index contributed by atoms with van der Waals surface area (Å²) < 4.78 is 20.9. The van der Waals surface area contributed by atoms with Crippen molar-refractivity contribution in [3.8, 4) is 39.8 Å². The largest absolute Gasteiger partial charge is 0.457 e. The van der Waals surface area contributed by atoms with Crippen molar-refractivity contribution in [3.63, 3.8) is 0 Å². The van der Waals surface area contributed by atoms with Crippen molar-refractivity contribution in [2.45, 2.75) is 18.8 Å². The third-order valence-corrected chi connectivity index (χ3v) is 12.3. The predicted octanol–water partition coefficient (Wildman–Crippen LogP) is 8.53. The Morgan fingerprint density at radius 2 is 1.32 bits per heavy atom. The van der Waals surface area contributed by atoms with Crippen molar-refractivity contribution < 1.29 is 23.8 Å². The van der Waals surface area contributed by atoms with Crippen molar-refractivity contribution in [2.24, 2.45) is 4.99 Å². The van der Waals surface area contributed by atoms with Gasteiger partial charge in [0.1, 0.15) is 48.1 Å². The molecule has 4 aromatic heterocycles. The van der Waals surface area contributed by atoms with Gasteiger partial charge in [-0.3, -0.25) is 0 Å². The number of fused-ring (bicyclic) bond motifs is 7. The number of carbonyl (C=O) groups is 2. The highest BCUT2D eigenvalue weighted by molar-refractivity contribution is 7.35. The lowest BCUT2D eigenvalue weighted by Gasteiger charge is -2.33. The molecule has 1 aliphatic rings. The van der Waals surface area contributed by atoms with Crippen molar-refractivity contribution in [1.82, 2.24) is 0 Å². The van der Waals surface area contributed by atoms with Gasteiger partial charge in [-0.1, -0.05) is 60.7 Å². The van der Waals surface area contributed by atoms with Crippen LogP contribution in [0.3, 0.4) is 0 Å². The molecule has 2 aromatic carbocycles. The molecule has 14 heteroatoms. The average Bonchev–Trinajstić information content (AvgIpc) is 3.90. The summed E-state index contributed by atoms with van der Waals surface area (Å²) in [6.07, 6.45) is 1.45. The molecule has 0 unspecified atom stereocenters. The van der Waals surface area contributed by atoms with Crippen LogP contribution in [0.15, 0.2) is 83.4 Å². The first-order chi connectivity index (χ1) is 24.4. The number of hydrogen-bond donors (Lipinski definition) is 0. The second-order valence-corrected chi connectivity index (χ2v) is 14.8. The molecule has 240 valence electrons. The molecular formula is C36H17N5O5S4. The highest BCUT2D eigenvalue weighted by Crippen LogP contribution is 2.61. The van der Waals surface area contributed by atoms with E-state index in [9.17, 15) is 30.6 Å². The lowest BCUT2D eigenvalue weighted by Crippen LogP contribution is -2.52. The zero-order valence-electron chi connectivity index (χ0n) is 25.3. The molecule has 0 radical (unpaired) electrons. The quantitative estimate of drug-likeness (QED) is 0.0645. The summed E-state index contributed by atoms with van der Waals surface area (Å²) in [6, 6.07) is 28.8. The van der Waals surface area contributed by atoms with Crippen molar-refractivity contribution >= 4 is 92.9 Å². The Bertz CT molecular complexity index is 2480. The van der Waals surface area contributed by atoms with Gasteiger partial charge in [0.15, 0.2) is 5.75 Å². The highest BCUT2D eigenvalue weighted by Gasteiger charge is 2.60. The molecule has 7 rings (SSSR count). The summed E-state index contributed by atoms with van der Waals surface area (Å²) in [5.41, 5.74) is -1.21. The number of ether oxygens (including phenoxy) is 3. The molecule has 0 saturated heterocycles. The number of carbonyl (C=O) groups excluding carboxylic acids is 2. The molecule has 50 heavy (non-hydrogen) atoms. The van der Waals surface area contributed by atoms with E-state index >= 15 is 0 Å². The number of allylic oxidation sites excluding steroid dienone is 1. The Labute approximate surface area is 299 Å². The summed E-state index contributed by atoms with van der Waals surface area (Å²) in [6.45, 7) is -0.305. The molecule has 0 spiro atoms. The number of benzene rings is 2. The summed E-state index contributed by atoms with van der Waals surface area (Å²) in [5.74, 6) is -1.73. The van der Waals surface area contributed by atoms with Crippen LogP contribution in [0.4, 0.5) is 5.00 Å². The minimum absolute atomic E-state index is 0.102. The number of nitrogens with zero attached hydrogens (tertiary/aromatic N) is 5. The maximum absolute atomic E-state index is 14.6. The molecule has 5 heterocycles. The Hall–Kier alpha value is -6.13. The molecule has 6 aromatic rings. The lowest BCUT2D eigenvalue weighted by atomic mass is 9.90. The van der Waals surface area contributed by atoms with Gasteiger partial charge in [-0.2, -0.15) is 21.0 Å². The fourth-order valence-electron chi connectivity index (χ4n) is 5.25. The number of esters is 2. The summed E-state index contributed by atoms with van der Waals surface area (Å²) in [7, 11) is 0. The third-order valence-electron chi connectivity index (χ3n) is 7.47. The maximum atomic E-state index is 14.6. The molecule has 0 atom stereocenters. The van der Waals surface area contributed by atoms with Crippen LogP contribution in [-0.4, -0.2) is 17.7 Å². The predicted molar refractivity (Wildman–Crippen MR) is 191 cm³/mol. The van der Waals surface area contributed by atoms with Gasteiger partial charge < -0.3 is 14.2 Å². The summed E-state index contributed by atoms with van der Waals surface area (Å²) in [5, 5.41) is 37.7. The van der Waals surface area contributed by atoms with Gasteiger partial charge in [0.05, 0.1) is 29.4 Å². The second kappa shape index (κ2) is 13.4. The van der Waals surface area contributed by atoms with E-state index in [4.69, 9.17) is 14.2 Å². The average molecular weight is 728 g/mol. The van der Waals surface area contributed by atoms with E-state index in [0.29, 0.717) is 49.6 Å². The van der Waals surface area contributed by atoms with E-state index in [1.165, 1.54) is 40.1 Å². The fraction of sp³-hybridized carbons (Fsp3) is 0.0833. The topological polar surface area (TPSA) is 169 Å². The molecule has 0 fully saturated rings. The van der Waals surface area contributed by atoms with Gasteiger partial charge in [-0.05, 0) is 29.3 Å². The van der Waals surface area contributed by atoms with Crippen LogP contribution in [-0.2, 0) is 37.9 Å². The number of nitriles is 4. The Morgan fingerprint density at radius 1 is 0.740 bits per heavy atom. The Kier molecular flexibility index (Phi) is 8.69. The zero-order chi connectivity index (χ0) is 34.8. The van der Waals surface area contributed by atoms with Crippen LogP contribution in [0, 0.1) is 45.3 Å². The first-order valence-electron chi connectivity index (χ1n) is 14.5. The zero-order valence-corrected chi connectivity index (χ0v) is 28.6. The Morgan fingerprint density at radius 3 is 1.90 bits per heavy atom. The molecule has 0 amide bonds. The normalized spacial score (nSPS) is 12.2. The van der Waals surface area contributed by atoms with Gasteiger partial charge in [-0.15, -0.1) is 45.3 Å². The van der Waals surface area contributed by atoms with Crippen molar-refractivity contribution in [2.75, 3.05) is 0 Å². The van der Waals surface area contributed by atoms with Crippen LogP contribution < -0.4 is 4.74 Å². The molecule has 0 aliphatic carbocycles. The summed E-state index contributed by atoms with van der Waals surface area (Å²) >= 11 is 5.04. The number of rotatable bonds is 8. The molecular weight excluding hydrogens is 711 g/mol. The van der Waals surface area contributed by atoms with Gasteiger partial charge in [0, 0.05) is 9.58 Å². The standard InChI is InChI=1S/C36H17N5O5S4/c37-14-22(15-38)11-24-12-25-30(47-24)28-32(48-25)33-29(31-26(49-33)13-27(50-31)41-23(16-39)17-40)46-36(28,34(42)44-18-20-7-3-1-4-8-20)35(43)45-19-21-9-5-2-6-10-21/h1-13H,18-19H2. The van der Waals surface area contributed by atoms with Crippen LogP contribution >= 0.6 is 45.3 Å². The van der Waals surface area contributed by atoms with Gasteiger partial charge in [-0.25, -0.2) is 14.6 Å². The smallest absolute Gasteiger partial charge is 0.367 e. The molecule has 0 saturated carbocycles. The van der Waals surface area contributed by atoms with Crippen LogP contribution in [0.2, 0.25) is 0 Å². The van der Waals surface area contributed by atoms with Gasteiger partial charge >= 0.3 is 17.5 Å². The molecule has 0 N–H and O–H groups in total. The van der Waals surface area contributed by atoms with E-state index in [2.05, 4.69) is 4.99 Å². The first kappa shape index (κ1) is 32.4. The SMILES string of the molecule is N#CC(C#N)=Cc1cc2sc3c(c2s1)C(C(=O)OCc1ccccc1)(C(=O)OCc1ccccc1)Oc1c-3sc2cc(N=C(C#N)C#N)sc12. The van der Waals surface area contributed by atoms with Crippen LogP contribution in [0.5, 0.6) is 5.75 Å². The maximum Gasteiger partial charge on any atom is 0.367 e. The van der Waals surface area contributed by atoms with E-state index in [1.807, 2.05) is 24.3 Å². The van der Waals surface area contributed by atoms with Crippen LogP contribution in [0.25, 0.3) is 34.6 Å². The highest BCUT2D eigenvalue weighted by atomic mass is 32.1. The van der Waals surface area contributed by atoms with Crippen molar-refractivity contribution in [3.05, 3.63) is 99.9 Å². The summed E-state index contributed by atoms with van der Waals surface area (Å²) in [4.78, 5) is 35.2. The van der Waals surface area contributed by atoms with Crippen molar-refractivity contribution in [1.29, 1.82) is 21.0 Å². The van der Waals surface area contributed by atoms with Crippen LogP contribution in [0.1, 0.15) is 21.6 Å². The third kappa shape index (κ3) is 5.69. The number of thiophene rings is 4. The monoisotopic (exact) mass is 727 g/mol.